The Balaban J connectivity index is 1.47. The monoisotopic (exact) mass is 448 g/mol. The fraction of sp³-hybridized carbons (Fsp3) is 0.360. The van der Waals surface area contributed by atoms with Crippen LogP contribution >= 0.6 is 0 Å². The third kappa shape index (κ3) is 5.64. The lowest BCUT2D eigenvalue weighted by atomic mass is 10.1. The standard InChI is InChI=1S/C25H32N6O2/c1-29(2)24-17-23(26-20-9-7-10-21(16-20)32-3)27-25(28-24)31-14-12-30(13-15-31)18-19-8-5-6-11-22(19)33-4/h5-11,16-17H,12-15,18H2,1-4H3,(H,26,27,28). The minimum absolute atomic E-state index is 0.739. The first kappa shape index (κ1) is 22.7. The molecule has 0 aliphatic carbocycles. The van der Waals surface area contributed by atoms with E-state index in [-0.39, 0.29) is 0 Å². The molecule has 3 aromatic rings. The first-order valence-electron chi connectivity index (χ1n) is 11.1. The van der Waals surface area contributed by atoms with Gasteiger partial charge in [0, 0.05) is 70.2 Å². The fourth-order valence-electron chi connectivity index (χ4n) is 3.89. The summed E-state index contributed by atoms with van der Waals surface area (Å²) in [6.07, 6.45) is 0. The number of ether oxygens (including phenoxy) is 2. The SMILES string of the molecule is COc1cccc(Nc2cc(N(C)C)nc(N3CCN(Cc4ccccc4OC)CC3)n2)c1. The molecule has 1 aromatic heterocycles. The maximum atomic E-state index is 5.51. The summed E-state index contributed by atoms with van der Waals surface area (Å²) in [5.74, 6) is 4.10. The number of hydrogen-bond donors (Lipinski definition) is 1. The van der Waals surface area contributed by atoms with Crippen LogP contribution in [-0.2, 0) is 6.54 Å². The van der Waals surface area contributed by atoms with Crippen molar-refractivity contribution < 1.29 is 9.47 Å². The summed E-state index contributed by atoms with van der Waals surface area (Å²) >= 11 is 0. The molecule has 33 heavy (non-hydrogen) atoms. The zero-order chi connectivity index (χ0) is 23.2. The second-order valence-electron chi connectivity index (χ2n) is 8.24. The molecule has 0 radical (unpaired) electrons. The number of nitrogens with zero attached hydrogens (tertiary/aromatic N) is 5. The number of para-hydroxylation sites is 1. The Morgan fingerprint density at radius 3 is 2.42 bits per heavy atom. The normalized spacial score (nSPS) is 14.1. The quantitative estimate of drug-likeness (QED) is 0.561. The molecule has 0 spiro atoms. The third-order valence-corrected chi connectivity index (χ3v) is 5.74. The Kier molecular flexibility index (Phi) is 7.14. The van der Waals surface area contributed by atoms with Gasteiger partial charge in [0.1, 0.15) is 23.1 Å². The topological polar surface area (TPSA) is 66.0 Å². The minimum Gasteiger partial charge on any atom is -0.497 e. The van der Waals surface area contributed by atoms with Crippen molar-refractivity contribution in [2.45, 2.75) is 6.54 Å². The zero-order valence-electron chi connectivity index (χ0n) is 19.8. The van der Waals surface area contributed by atoms with E-state index >= 15 is 0 Å². The van der Waals surface area contributed by atoms with Gasteiger partial charge in [0.2, 0.25) is 5.95 Å². The van der Waals surface area contributed by atoms with Crippen molar-refractivity contribution in [2.75, 3.05) is 69.6 Å². The lowest BCUT2D eigenvalue weighted by Gasteiger charge is -2.35. The molecule has 1 aliphatic rings. The lowest BCUT2D eigenvalue weighted by Crippen LogP contribution is -2.46. The lowest BCUT2D eigenvalue weighted by molar-refractivity contribution is 0.245. The van der Waals surface area contributed by atoms with Gasteiger partial charge in [-0.05, 0) is 18.2 Å². The molecule has 0 unspecified atom stereocenters. The van der Waals surface area contributed by atoms with Crippen molar-refractivity contribution >= 4 is 23.3 Å². The van der Waals surface area contributed by atoms with Gasteiger partial charge in [0.15, 0.2) is 0 Å². The number of piperazine rings is 1. The number of methoxy groups -OCH3 is 2. The minimum atomic E-state index is 0.739. The van der Waals surface area contributed by atoms with E-state index in [1.54, 1.807) is 14.2 Å². The zero-order valence-corrected chi connectivity index (χ0v) is 19.8. The number of rotatable bonds is 8. The molecule has 1 aliphatic heterocycles. The van der Waals surface area contributed by atoms with Crippen molar-refractivity contribution in [3.05, 3.63) is 60.2 Å². The predicted molar refractivity (Wildman–Crippen MR) is 133 cm³/mol. The summed E-state index contributed by atoms with van der Waals surface area (Å²) in [5.41, 5.74) is 2.13. The van der Waals surface area contributed by atoms with Crippen molar-refractivity contribution in [1.82, 2.24) is 14.9 Å². The van der Waals surface area contributed by atoms with Gasteiger partial charge in [-0.15, -0.1) is 0 Å². The van der Waals surface area contributed by atoms with Crippen molar-refractivity contribution in [3.8, 4) is 11.5 Å². The Morgan fingerprint density at radius 1 is 0.909 bits per heavy atom. The summed E-state index contributed by atoms with van der Waals surface area (Å²) in [4.78, 5) is 16.3. The van der Waals surface area contributed by atoms with Crippen molar-refractivity contribution in [2.24, 2.45) is 0 Å². The molecule has 174 valence electrons. The molecule has 4 rings (SSSR count). The molecule has 1 saturated heterocycles. The van der Waals surface area contributed by atoms with E-state index in [9.17, 15) is 0 Å². The van der Waals surface area contributed by atoms with Crippen LogP contribution in [0.5, 0.6) is 11.5 Å². The molecule has 0 bridgehead atoms. The van der Waals surface area contributed by atoms with Gasteiger partial charge in [-0.25, -0.2) is 0 Å². The van der Waals surface area contributed by atoms with E-state index in [1.807, 2.05) is 61.5 Å². The third-order valence-electron chi connectivity index (χ3n) is 5.74. The largest absolute Gasteiger partial charge is 0.497 e. The number of anilines is 4. The fourth-order valence-corrected chi connectivity index (χ4v) is 3.89. The van der Waals surface area contributed by atoms with Crippen LogP contribution in [-0.4, -0.2) is 69.4 Å². The van der Waals surface area contributed by atoms with E-state index in [4.69, 9.17) is 19.4 Å². The highest BCUT2D eigenvalue weighted by Crippen LogP contribution is 2.26. The van der Waals surface area contributed by atoms with E-state index in [0.29, 0.717) is 0 Å². The van der Waals surface area contributed by atoms with E-state index in [2.05, 4.69) is 27.2 Å². The molecule has 1 fully saturated rings. The van der Waals surface area contributed by atoms with E-state index < -0.39 is 0 Å². The van der Waals surface area contributed by atoms with E-state index in [1.165, 1.54) is 5.56 Å². The molecule has 1 N–H and O–H groups in total. The molecule has 0 atom stereocenters. The Labute approximate surface area is 195 Å². The molecule has 8 nitrogen and oxygen atoms in total. The maximum absolute atomic E-state index is 5.51. The van der Waals surface area contributed by atoms with E-state index in [0.717, 1.165) is 67.5 Å². The Hall–Kier alpha value is -3.52. The van der Waals surface area contributed by atoms with Crippen LogP contribution < -0.4 is 24.6 Å². The van der Waals surface area contributed by atoms with Gasteiger partial charge in [-0.2, -0.15) is 9.97 Å². The summed E-state index contributed by atoms with van der Waals surface area (Å²) in [7, 11) is 7.38. The van der Waals surface area contributed by atoms with Gasteiger partial charge in [0.25, 0.3) is 0 Å². The highest BCUT2D eigenvalue weighted by Gasteiger charge is 2.21. The molecule has 8 heteroatoms. The van der Waals surface area contributed by atoms with Crippen LogP contribution in [0.3, 0.4) is 0 Å². The van der Waals surface area contributed by atoms with Crippen molar-refractivity contribution in [1.29, 1.82) is 0 Å². The molecular weight excluding hydrogens is 416 g/mol. The Morgan fingerprint density at radius 2 is 1.70 bits per heavy atom. The summed E-state index contributed by atoms with van der Waals surface area (Å²) in [6.45, 7) is 4.48. The van der Waals surface area contributed by atoms with Crippen LogP contribution in [0.2, 0.25) is 0 Å². The number of benzene rings is 2. The summed E-state index contributed by atoms with van der Waals surface area (Å²) in [6, 6.07) is 18.0. The molecule has 0 saturated carbocycles. The number of nitrogens with one attached hydrogen (secondary N) is 1. The average Bonchev–Trinajstić information content (AvgIpc) is 2.84. The van der Waals surface area contributed by atoms with Crippen LogP contribution in [0.25, 0.3) is 0 Å². The van der Waals surface area contributed by atoms with Crippen LogP contribution in [0.4, 0.5) is 23.3 Å². The highest BCUT2D eigenvalue weighted by molar-refractivity contribution is 5.63. The second kappa shape index (κ2) is 10.4. The van der Waals surface area contributed by atoms with Crippen LogP contribution in [0.1, 0.15) is 5.56 Å². The van der Waals surface area contributed by atoms with Crippen LogP contribution in [0, 0.1) is 0 Å². The number of aromatic nitrogens is 2. The summed E-state index contributed by atoms with van der Waals surface area (Å²) < 4.78 is 10.9. The van der Waals surface area contributed by atoms with Crippen molar-refractivity contribution in [3.63, 3.8) is 0 Å². The smallest absolute Gasteiger partial charge is 0.229 e. The molecule has 2 aromatic carbocycles. The predicted octanol–water partition coefficient (Wildman–Crippen LogP) is 3.63. The van der Waals surface area contributed by atoms with Crippen LogP contribution in [0.15, 0.2) is 54.6 Å². The molecule has 2 heterocycles. The number of hydrogen-bond acceptors (Lipinski definition) is 8. The first-order chi connectivity index (χ1) is 16.1. The summed E-state index contributed by atoms with van der Waals surface area (Å²) in [5, 5.41) is 3.40. The van der Waals surface area contributed by atoms with Gasteiger partial charge < -0.3 is 24.6 Å². The molecular formula is C25H32N6O2. The van der Waals surface area contributed by atoms with Gasteiger partial charge in [-0.1, -0.05) is 24.3 Å². The van der Waals surface area contributed by atoms with Gasteiger partial charge >= 0.3 is 0 Å². The van der Waals surface area contributed by atoms with Gasteiger partial charge in [-0.3, -0.25) is 4.90 Å². The highest BCUT2D eigenvalue weighted by atomic mass is 16.5. The first-order valence-corrected chi connectivity index (χ1v) is 11.1. The van der Waals surface area contributed by atoms with Gasteiger partial charge in [0.05, 0.1) is 14.2 Å². The maximum Gasteiger partial charge on any atom is 0.229 e. The second-order valence-corrected chi connectivity index (χ2v) is 8.24. The average molecular weight is 449 g/mol. The molecule has 0 amide bonds. The Bertz CT molecular complexity index is 1070.